The van der Waals surface area contributed by atoms with Gasteiger partial charge in [-0.15, -0.1) is 0 Å². The molecule has 0 radical (unpaired) electrons. The normalized spacial score (nSPS) is 11.9. The molecule has 1 heterocycles. The molecule has 1 aromatic heterocycles. The van der Waals surface area contributed by atoms with Gasteiger partial charge in [0.1, 0.15) is 0 Å². The lowest BCUT2D eigenvalue weighted by Crippen LogP contribution is -2.21. The zero-order valence-electron chi connectivity index (χ0n) is 11.3. The van der Waals surface area contributed by atoms with Crippen molar-refractivity contribution in [3.05, 3.63) is 29.1 Å². The number of aryl methyl sites for hydroxylation is 1. The third-order valence-corrected chi connectivity index (χ3v) is 3.11. The van der Waals surface area contributed by atoms with Crippen molar-refractivity contribution in [3.8, 4) is 0 Å². The maximum atomic E-state index is 11.2. The van der Waals surface area contributed by atoms with E-state index in [1.165, 1.54) is 0 Å². The van der Waals surface area contributed by atoms with Gasteiger partial charge in [-0.05, 0) is 30.9 Å². The highest BCUT2D eigenvalue weighted by Crippen LogP contribution is 2.23. The number of nitrogens with zero attached hydrogens (tertiary/aromatic N) is 1. The standard InChI is InChI=1S/C14H20N2O3/c1-10(3-6-14(19)15-9-18)13-5-4-12(7-8-17)16-11(13)2/h4-5,9-10,17H,3,6-8H2,1-2H3,(H,15,18,19). The van der Waals surface area contributed by atoms with E-state index in [4.69, 9.17) is 5.11 Å². The number of amides is 2. The van der Waals surface area contributed by atoms with Crippen molar-refractivity contribution in [2.45, 2.75) is 39.0 Å². The molecule has 0 aliphatic rings. The number of hydrogen-bond acceptors (Lipinski definition) is 4. The fourth-order valence-corrected chi connectivity index (χ4v) is 2.04. The molecule has 0 saturated carbocycles. The lowest BCUT2D eigenvalue weighted by molar-refractivity contribution is -0.125. The van der Waals surface area contributed by atoms with Crippen LogP contribution in [0.4, 0.5) is 0 Å². The molecule has 0 spiro atoms. The van der Waals surface area contributed by atoms with Gasteiger partial charge in [-0.25, -0.2) is 0 Å². The third-order valence-electron chi connectivity index (χ3n) is 3.11. The van der Waals surface area contributed by atoms with E-state index in [1.807, 2.05) is 26.0 Å². The van der Waals surface area contributed by atoms with Gasteiger partial charge in [0, 0.05) is 30.8 Å². The molecule has 0 fully saturated rings. The van der Waals surface area contributed by atoms with Crippen molar-refractivity contribution in [2.24, 2.45) is 0 Å². The Bertz CT molecular complexity index is 446. The quantitative estimate of drug-likeness (QED) is 0.722. The van der Waals surface area contributed by atoms with E-state index in [2.05, 4.69) is 10.3 Å². The fraction of sp³-hybridized carbons (Fsp3) is 0.500. The zero-order valence-corrected chi connectivity index (χ0v) is 11.3. The predicted octanol–water partition coefficient (Wildman–Crippen LogP) is 1.08. The number of carbonyl (C=O) groups is 2. The SMILES string of the molecule is Cc1nc(CCO)ccc1C(C)CCC(=O)NC=O. The molecule has 104 valence electrons. The summed E-state index contributed by atoms with van der Waals surface area (Å²) in [4.78, 5) is 25.8. The van der Waals surface area contributed by atoms with Crippen molar-refractivity contribution in [2.75, 3.05) is 6.61 Å². The number of nitrogens with one attached hydrogen (secondary N) is 1. The number of carbonyl (C=O) groups excluding carboxylic acids is 2. The number of pyridine rings is 1. The first-order valence-corrected chi connectivity index (χ1v) is 6.38. The summed E-state index contributed by atoms with van der Waals surface area (Å²) in [6.07, 6.45) is 1.94. The van der Waals surface area contributed by atoms with Crippen LogP contribution in [0, 0.1) is 6.92 Å². The van der Waals surface area contributed by atoms with Crippen LogP contribution in [0.5, 0.6) is 0 Å². The van der Waals surface area contributed by atoms with Crippen LogP contribution in [0.1, 0.15) is 42.6 Å². The van der Waals surface area contributed by atoms with Crippen LogP contribution < -0.4 is 5.32 Å². The first kappa shape index (κ1) is 15.3. The molecule has 2 amide bonds. The lowest BCUT2D eigenvalue weighted by Gasteiger charge is -2.14. The van der Waals surface area contributed by atoms with Gasteiger partial charge in [0.05, 0.1) is 0 Å². The Morgan fingerprint density at radius 3 is 2.84 bits per heavy atom. The molecule has 5 heteroatoms. The van der Waals surface area contributed by atoms with Gasteiger partial charge in [0.25, 0.3) is 0 Å². The molecule has 5 nitrogen and oxygen atoms in total. The minimum Gasteiger partial charge on any atom is -0.396 e. The van der Waals surface area contributed by atoms with Crippen LogP contribution in [0.3, 0.4) is 0 Å². The van der Waals surface area contributed by atoms with Gasteiger partial charge < -0.3 is 5.11 Å². The molecular weight excluding hydrogens is 244 g/mol. The Morgan fingerprint density at radius 2 is 2.26 bits per heavy atom. The molecule has 19 heavy (non-hydrogen) atoms. The number of hydrogen-bond donors (Lipinski definition) is 2. The minimum absolute atomic E-state index is 0.0905. The average Bonchev–Trinajstić information content (AvgIpc) is 2.37. The zero-order chi connectivity index (χ0) is 14.3. The topological polar surface area (TPSA) is 79.3 Å². The number of aliphatic hydroxyl groups is 1. The number of aliphatic hydroxyl groups excluding tert-OH is 1. The van der Waals surface area contributed by atoms with Crippen molar-refractivity contribution >= 4 is 12.3 Å². The lowest BCUT2D eigenvalue weighted by atomic mass is 9.94. The van der Waals surface area contributed by atoms with E-state index in [1.54, 1.807) is 0 Å². The molecule has 2 N–H and O–H groups in total. The first-order valence-electron chi connectivity index (χ1n) is 6.38. The number of aromatic nitrogens is 1. The molecule has 0 aliphatic heterocycles. The van der Waals surface area contributed by atoms with E-state index < -0.39 is 0 Å². The van der Waals surface area contributed by atoms with Crippen LogP contribution in [0.2, 0.25) is 0 Å². The highest BCUT2D eigenvalue weighted by atomic mass is 16.3. The molecular formula is C14H20N2O3. The van der Waals surface area contributed by atoms with E-state index in [-0.39, 0.29) is 18.4 Å². The Kier molecular flexibility index (Phi) is 6.15. The van der Waals surface area contributed by atoms with E-state index in [0.717, 1.165) is 17.0 Å². The predicted molar refractivity (Wildman–Crippen MR) is 71.6 cm³/mol. The Balaban J connectivity index is 2.63. The van der Waals surface area contributed by atoms with Gasteiger partial charge in [0.15, 0.2) is 0 Å². The summed E-state index contributed by atoms with van der Waals surface area (Å²) < 4.78 is 0. The second kappa shape index (κ2) is 7.63. The minimum atomic E-state index is -0.260. The Morgan fingerprint density at radius 1 is 1.53 bits per heavy atom. The van der Waals surface area contributed by atoms with E-state index in [0.29, 0.717) is 25.7 Å². The summed E-state index contributed by atoms with van der Waals surface area (Å²) in [5, 5.41) is 11.0. The Hall–Kier alpha value is -1.75. The summed E-state index contributed by atoms with van der Waals surface area (Å²) >= 11 is 0. The van der Waals surface area contributed by atoms with Gasteiger partial charge >= 0.3 is 0 Å². The largest absolute Gasteiger partial charge is 0.396 e. The summed E-state index contributed by atoms with van der Waals surface area (Å²) in [5.74, 6) is -0.0579. The van der Waals surface area contributed by atoms with E-state index >= 15 is 0 Å². The van der Waals surface area contributed by atoms with Crippen LogP contribution in [0.25, 0.3) is 0 Å². The summed E-state index contributed by atoms with van der Waals surface area (Å²) in [7, 11) is 0. The first-order chi connectivity index (χ1) is 9.08. The highest BCUT2D eigenvalue weighted by Gasteiger charge is 2.12. The summed E-state index contributed by atoms with van der Waals surface area (Å²) in [6, 6.07) is 3.90. The molecule has 0 aliphatic carbocycles. The second-order valence-corrected chi connectivity index (χ2v) is 4.58. The molecule has 1 aromatic rings. The molecule has 1 atom stereocenters. The molecule has 0 aromatic carbocycles. The Labute approximate surface area is 113 Å². The maximum absolute atomic E-state index is 11.2. The monoisotopic (exact) mass is 264 g/mol. The van der Waals surface area contributed by atoms with Gasteiger partial charge in [-0.1, -0.05) is 13.0 Å². The molecule has 0 saturated heterocycles. The maximum Gasteiger partial charge on any atom is 0.226 e. The van der Waals surface area contributed by atoms with Crippen LogP contribution in [0.15, 0.2) is 12.1 Å². The van der Waals surface area contributed by atoms with Crippen LogP contribution in [-0.4, -0.2) is 29.0 Å². The highest BCUT2D eigenvalue weighted by molar-refractivity contribution is 5.85. The van der Waals surface area contributed by atoms with Crippen molar-refractivity contribution in [1.29, 1.82) is 0 Å². The average molecular weight is 264 g/mol. The van der Waals surface area contributed by atoms with Crippen molar-refractivity contribution in [1.82, 2.24) is 10.3 Å². The number of rotatable bonds is 7. The summed E-state index contributed by atoms with van der Waals surface area (Å²) in [5.41, 5.74) is 2.89. The van der Waals surface area contributed by atoms with E-state index in [9.17, 15) is 9.59 Å². The fourth-order valence-electron chi connectivity index (χ4n) is 2.04. The molecule has 0 bridgehead atoms. The van der Waals surface area contributed by atoms with Crippen LogP contribution in [-0.2, 0) is 16.0 Å². The smallest absolute Gasteiger partial charge is 0.226 e. The van der Waals surface area contributed by atoms with Crippen LogP contribution >= 0.6 is 0 Å². The van der Waals surface area contributed by atoms with Gasteiger partial charge in [-0.3, -0.25) is 19.9 Å². The molecule has 1 unspecified atom stereocenters. The van der Waals surface area contributed by atoms with Gasteiger partial charge in [-0.2, -0.15) is 0 Å². The van der Waals surface area contributed by atoms with Crippen molar-refractivity contribution in [3.63, 3.8) is 0 Å². The van der Waals surface area contributed by atoms with Gasteiger partial charge in [0.2, 0.25) is 12.3 Å². The molecule has 1 rings (SSSR count). The number of imide groups is 1. The second-order valence-electron chi connectivity index (χ2n) is 4.58. The summed E-state index contributed by atoms with van der Waals surface area (Å²) in [6.45, 7) is 4.05. The van der Waals surface area contributed by atoms with Crippen molar-refractivity contribution < 1.29 is 14.7 Å². The third kappa shape index (κ3) is 4.79.